The molecule has 0 aromatic heterocycles. The van der Waals surface area contributed by atoms with E-state index in [-0.39, 0.29) is 0 Å². The second-order valence-electron chi connectivity index (χ2n) is 6.92. The molecule has 6 nitrogen and oxygen atoms in total. The van der Waals surface area contributed by atoms with Gasteiger partial charge in [0.1, 0.15) is 0 Å². The van der Waals surface area contributed by atoms with Crippen LogP contribution >= 0.6 is 0 Å². The first-order chi connectivity index (χ1) is 11.5. The van der Waals surface area contributed by atoms with Gasteiger partial charge < -0.3 is 20.1 Å². The molecular formula is C18H38N4O2. The van der Waals surface area contributed by atoms with Gasteiger partial charge in [-0.2, -0.15) is 0 Å². The Morgan fingerprint density at radius 3 is 2.67 bits per heavy atom. The quantitative estimate of drug-likeness (QED) is 0.493. The number of ether oxygens (including phenoxy) is 2. The minimum atomic E-state index is 0.300. The number of rotatable bonds is 9. The molecule has 3 atom stereocenters. The van der Waals surface area contributed by atoms with Crippen molar-refractivity contribution >= 4 is 5.96 Å². The summed E-state index contributed by atoms with van der Waals surface area (Å²) in [5, 5.41) is 6.84. The van der Waals surface area contributed by atoms with Crippen molar-refractivity contribution in [3.63, 3.8) is 0 Å². The number of nitrogens with one attached hydrogen (secondary N) is 2. The predicted molar refractivity (Wildman–Crippen MR) is 101 cm³/mol. The molecule has 6 heteroatoms. The number of morpholine rings is 1. The molecule has 0 aliphatic carbocycles. The Hall–Kier alpha value is -0.850. The minimum Gasteiger partial charge on any atom is -0.379 e. The molecule has 0 aromatic rings. The fraction of sp³-hybridized carbons (Fsp3) is 0.944. The van der Waals surface area contributed by atoms with Crippen LogP contribution in [-0.2, 0) is 9.47 Å². The largest absolute Gasteiger partial charge is 0.379 e. The van der Waals surface area contributed by atoms with Crippen LogP contribution in [-0.4, -0.2) is 75.5 Å². The van der Waals surface area contributed by atoms with E-state index in [0.29, 0.717) is 24.1 Å². The summed E-state index contributed by atoms with van der Waals surface area (Å²) in [5.41, 5.74) is 0. The second kappa shape index (κ2) is 11.7. The summed E-state index contributed by atoms with van der Waals surface area (Å²) in [6, 6.07) is 0.929. The monoisotopic (exact) mass is 342 g/mol. The van der Waals surface area contributed by atoms with E-state index in [2.05, 4.69) is 55.1 Å². The summed E-state index contributed by atoms with van der Waals surface area (Å²) in [6.07, 6.45) is 1.29. The van der Waals surface area contributed by atoms with Gasteiger partial charge in [0.15, 0.2) is 5.96 Å². The average molecular weight is 343 g/mol. The van der Waals surface area contributed by atoms with E-state index in [9.17, 15) is 0 Å². The Labute approximate surface area is 148 Å². The van der Waals surface area contributed by atoms with Gasteiger partial charge in [-0.25, -0.2) is 0 Å². The van der Waals surface area contributed by atoms with E-state index < -0.39 is 0 Å². The molecule has 0 spiro atoms. The van der Waals surface area contributed by atoms with Gasteiger partial charge >= 0.3 is 0 Å². The molecule has 1 aliphatic heterocycles. The van der Waals surface area contributed by atoms with E-state index >= 15 is 0 Å². The van der Waals surface area contributed by atoms with Crippen molar-refractivity contribution < 1.29 is 9.47 Å². The summed E-state index contributed by atoms with van der Waals surface area (Å²) in [4.78, 5) is 6.82. The number of hydrogen-bond acceptors (Lipinski definition) is 4. The lowest BCUT2D eigenvalue weighted by atomic mass is 10.0. The van der Waals surface area contributed by atoms with E-state index in [1.807, 2.05) is 7.05 Å². The molecule has 0 radical (unpaired) electrons. The molecule has 0 saturated carbocycles. The third-order valence-electron chi connectivity index (χ3n) is 4.62. The van der Waals surface area contributed by atoms with Crippen LogP contribution < -0.4 is 10.6 Å². The summed E-state index contributed by atoms with van der Waals surface area (Å²) < 4.78 is 11.3. The maximum Gasteiger partial charge on any atom is 0.191 e. The van der Waals surface area contributed by atoms with Crippen molar-refractivity contribution in [1.82, 2.24) is 15.5 Å². The third kappa shape index (κ3) is 7.36. The number of guanidine groups is 1. The molecular weight excluding hydrogens is 304 g/mol. The molecule has 142 valence electrons. The van der Waals surface area contributed by atoms with Gasteiger partial charge in [-0.1, -0.05) is 13.8 Å². The summed E-state index contributed by atoms with van der Waals surface area (Å²) in [6.45, 7) is 16.1. The first kappa shape index (κ1) is 21.2. The van der Waals surface area contributed by atoms with Gasteiger partial charge in [-0.05, 0) is 33.1 Å². The normalized spacial score (nSPS) is 22.5. The van der Waals surface area contributed by atoms with Gasteiger partial charge in [0.25, 0.3) is 0 Å². The Bertz CT molecular complexity index is 363. The van der Waals surface area contributed by atoms with Crippen LogP contribution in [0.3, 0.4) is 0 Å². The fourth-order valence-corrected chi connectivity index (χ4v) is 3.13. The van der Waals surface area contributed by atoms with Gasteiger partial charge in [-0.3, -0.25) is 9.89 Å². The third-order valence-corrected chi connectivity index (χ3v) is 4.62. The van der Waals surface area contributed by atoms with E-state index in [1.165, 1.54) is 0 Å². The highest BCUT2D eigenvalue weighted by Crippen LogP contribution is 2.11. The minimum absolute atomic E-state index is 0.300. The van der Waals surface area contributed by atoms with Gasteiger partial charge in [-0.15, -0.1) is 0 Å². The van der Waals surface area contributed by atoms with Gasteiger partial charge in [0.2, 0.25) is 0 Å². The molecule has 2 N–H and O–H groups in total. The first-order valence-electron chi connectivity index (χ1n) is 9.39. The predicted octanol–water partition coefficient (Wildman–Crippen LogP) is 1.71. The van der Waals surface area contributed by atoms with Crippen LogP contribution in [0.2, 0.25) is 0 Å². The second-order valence-corrected chi connectivity index (χ2v) is 6.92. The van der Waals surface area contributed by atoms with Crippen LogP contribution in [0.4, 0.5) is 0 Å². The van der Waals surface area contributed by atoms with Crippen LogP contribution in [0.15, 0.2) is 4.99 Å². The van der Waals surface area contributed by atoms with Crippen LogP contribution in [0.5, 0.6) is 0 Å². The van der Waals surface area contributed by atoms with Gasteiger partial charge in [0.05, 0.1) is 19.3 Å². The topological polar surface area (TPSA) is 58.1 Å². The zero-order valence-electron chi connectivity index (χ0n) is 16.5. The van der Waals surface area contributed by atoms with Crippen molar-refractivity contribution in [2.75, 3.05) is 46.5 Å². The molecule has 1 heterocycles. The molecule has 1 aliphatic rings. The lowest BCUT2D eigenvalue weighted by molar-refractivity contribution is -0.0174. The Balaban J connectivity index is 2.31. The van der Waals surface area contributed by atoms with Gasteiger partial charge in [0, 0.05) is 45.4 Å². The SMILES string of the molecule is CCOC(CCNC(=NC)NCC(C)N1CCOCC1C)C(C)C. The molecule has 0 bridgehead atoms. The number of aliphatic imine (C=N–C) groups is 1. The van der Waals surface area contributed by atoms with Crippen LogP contribution in [0.1, 0.15) is 41.0 Å². The van der Waals surface area contributed by atoms with Crippen LogP contribution in [0, 0.1) is 5.92 Å². The Kier molecular flexibility index (Phi) is 10.3. The van der Waals surface area contributed by atoms with E-state index in [4.69, 9.17) is 9.47 Å². The standard InChI is InChI=1S/C18H38N4O2/c1-7-24-17(14(2)3)8-9-20-18(19-6)21-12-15(4)22-10-11-23-13-16(22)5/h14-17H,7-13H2,1-6H3,(H2,19,20,21). The van der Waals surface area contributed by atoms with Crippen molar-refractivity contribution in [2.45, 2.75) is 59.2 Å². The van der Waals surface area contributed by atoms with Crippen molar-refractivity contribution in [3.05, 3.63) is 0 Å². The van der Waals surface area contributed by atoms with Crippen LogP contribution in [0.25, 0.3) is 0 Å². The van der Waals surface area contributed by atoms with Crippen molar-refractivity contribution in [3.8, 4) is 0 Å². The van der Waals surface area contributed by atoms with Crippen molar-refractivity contribution in [2.24, 2.45) is 10.9 Å². The zero-order chi connectivity index (χ0) is 17.9. The van der Waals surface area contributed by atoms with Crippen molar-refractivity contribution in [1.29, 1.82) is 0 Å². The molecule has 0 aromatic carbocycles. The maximum absolute atomic E-state index is 5.79. The van der Waals surface area contributed by atoms with E-state index in [1.54, 1.807) is 0 Å². The highest BCUT2D eigenvalue weighted by Gasteiger charge is 2.23. The highest BCUT2D eigenvalue weighted by molar-refractivity contribution is 5.79. The maximum atomic E-state index is 5.79. The zero-order valence-corrected chi connectivity index (χ0v) is 16.5. The lowest BCUT2D eigenvalue weighted by Crippen LogP contribution is -2.53. The number of nitrogens with zero attached hydrogens (tertiary/aromatic N) is 2. The summed E-state index contributed by atoms with van der Waals surface area (Å²) in [5.74, 6) is 1.39. The molecule has 0 amide bonds. The molecule has 1 saturated heterocycles. The molecule has 1 rings (SSSR count). The Morgan fingerprint density at radius 1 is 1.33 bits per heavy atom. The molecule has 1 fully saturated rings. The Morgan fingerprint density at radius 2 is 2.08 bits per heavy atom. The lowest BCUT2D eigenvalue weighted by Gasteiger charge is -2.38. The van der Waals surface area contributed by atoms with E-state index in [0.717, 1.165) is 51.8 Å². The average Bonchev–Trinajstić information content (AvgIpc) is 2.56. The smallest absolute Gasteiger partial charge is 0.191 e. The first-order valence-corrected chi connectivity index (χ1v) is 9.39. The molecule has 3 unspecified atom stereocenters. The highest BCUT2D eigenvalue weighted by atomic mass is 16.5. The summed E-state index contributed by atoms with van der Waals surface area (Å²) >= 11 is 0. The number of hydrogen-bond donors (Lipinski definition) is 2. The summed E-state index contributed by atoms with van der Waals surface area (Å²) in [7, 11) is 1.82. The fourth-order valence-electron chi connectivity index (χ4n) is 3.13. The molecule has 24 heavy (non-hydrogen) atoms.